The van der Waals surface area contributed by atoms with Gasteiger partial charge in [-0.25, -0.2) is 0 Å². The lowest BCUT2D eigenvalue weighted by Gasteiger charge is -2.15. The van der Waals surface area contributed by atoms with Crippen molar-refractivity contribution in [1.82, 2.24) is 10.6 Å². The predicted octanol–water partition coefficient (Wildman–Crippen LogP) is 0.470. The summed E-state index contributed by atoms with van der Waals surface area (Å²) in [5.74, 6) is -0.0910. The third-order valence-electron chi connectivity index (χ3n) is 2.01. The van der Waals surface area contributed by atoms with Crippen LogP contribution in [0.25, 0.3) is 0 Å². The maximum atomic E-state index is 11.2. The number of nitrogens with one attached hydrogen (secondary N) is 2. The molecule has 1 unspecified atom stereocenters. The minimum Gasteiger partial charge on any atom is -0.345 e. The van der Waals surface area contributed by atoms with E-state index >= 15 is 0 Å². The Morgan fingerprint density at radius 1 is 1.36 bits per heavy atom. The number of hydrogen-bond acceptors (Lipinski definition) is 3. The number of Topliss-reactive ketones (excluding diaryl/α,β-unsaturated/α-hetero) is 1. The van der Waals surface area contributed by atoms with Crippen molar-refractivity contribution in [3.63, 3.8) is 0 Å². The van der Waals surface area contributed by atoms with Gasteiger partial charge in [0.1, 0.15) is 0 Å². The Labute approximate surface area is 85.4 Å². The first kappa shape index (κ1) is 13.1. The van der Waals surface area contributed by atoms with Gasteiger partial charge in [0.15, 0.2) is 5.78 Å². The minimum atomic E-state index is -0.309. The molecule has 0 aliphatic rings. The van der Waals surface area contributed by atoms with Crippen LogP contribution in [0.2, 0.25) is 0 Å². The number of carbonyl (C=O) groups excluding carboxylic acids is 2. The number of amides is 1. The van der Waals surface area contributed by atoms with Crippen molar-refractivity contribution in [3.8, 4) is 0 Å². The number of unbranched alkanes of at least 4 members (excludes halogenated alkanes) is 1. The topological polar surface area (TPSA) is 58.2 Å². The van der Waals surface area contributed by atoms with E-state index < -0.39 is 0 Å². The zero-order valence-corrected chi connectivity index (χ0v) is 9.22. The van der Waals surface area contributed by atoms with Crippen LogP contribution in [0.3, 0.4) is 0 Å². The molecule has 2 N–H and O–H groups in total. The molecule has 82 valence electrons. The van der Waals surface area contributed by atoms with E-state index in [1.807, 2.05) is 0 Å². The first-order chi connectivity index (χ1) is 6.61. The van der Waals surface area contributed by atoms with Gasteiger partial charge < -0.3 is 10.6 Å². The normalized spacial score (nSPS) is 12.2. The fraction of sp³-hybridized carbons (Fsp3) is 0.800. The molecule has 0 saturated heterocycles. The highest BCUT2D eigenvalue weighted by Crippen LogP contribution is 2.01. The SMILES string of the molecule is CCCCC(NC(=O)CNC)C(C)=O. The zero-order valence-electron chi connectivity index (χ0n) is 9.22. The number of ketones is 1. The van der Waals surface area contributed by atoms with Gasteiger partial charge in [-0.15, -0.1) is 0 Å². The summed E-state index contributed by atoms with van der Waals surface area (Å²) in [6, 6.07) is -0.309. The van der Waals surface area contributed by atoms with Crippen LogP contribution in [0, 0.1) is 0 Å². The Morgan fingerprint density at radius 2 is 2.00 bits per heavy atom. The maximum Gasteiger partial charge on any atom is 0.234 e. The molecule has 0 spiro atoms. The van der Waals surface area contributed by atoms with E-state index in [0.29, 0.717) is 0 Å². The molecule has 0 saturated carbocycles. The first-order valence-electron chi connectivity index (χ1n) is 5.06. The summed E-state index contributed by atoms with van der Waals surface area (Å²) in [6.07, 6.45) is 2.73. The lowest BCUT2D eigenvalue weighted by atomic mass is 10.1. The van der Waals surface area contributed by atoms with E-state index in [9.17, 15) is 9.59 Å². The second-order valence-corrected chi connectivity index (χ2v) is 3.40. The van der Waals surface area contributed by atoms with Crippen molar-refractivity contribution in [2.45, 2.75) is 39.2 Å². The van der Waals surface area contributed by atoms with Gasteiger partial charge in [-0.2, -0.15) is 0 Å². The molecule has 0 bridgehead atoms. The van der Waals surface area contributed by atoms with Crippen LogP contribution in [-0.2, 0) is 9.59 Å². The highest BCUT2D eigenvalue weighted by Gasteiger charge is 2.15. The zero-order chi connectivity index (χ0) is 11.0. The third kappa shape index (κ3) is 5.70. The summed E-state index contributed by atoms with van der Waals surface area (Å²) in [5.41, 5.74) is 0. The molecule has 1 atom stereocenters. The molecule has 0 aromatic heterocycles. The van der Waals surface area contributed by atoms with Crippen molar-refractivity contribution in [2.24, 2.45) is 0 Å². The van der Waals surface area contributed by atoms with Crippen molar-refractivity contribution >= 4 is 11.7 Å². The van der Waals surface area contributed by atoms with Crippen LogP contribution in [-0.4, -0.2) is 31.3 Å². The number of hydrogen-bond donors (Lipinski definition) is 2. The van der Waals surface area contributed by atoms with Crippen LogP contribution < -0.4 is 10.6 Å². The molecule has 0 aromatic carbocycles. The fourth-order valence-electron chi connectivity index (χ4n) is 1.19. The van der Waals surface area contributed by atoms with Gasteiger partial charge in [0.2, 0.25) is 5.91 Å². The Bertz CT molecular complexity index is 193. The Hall–Kier alpha value is -0.900. The predicted molar refractivity (Wildman–Crippen MR) is 56.1 cm³/mol. The molecule has 1 amide bonds. The number of likely N-dealkylation sites (N-methyl/N-ethyl adjacent to an activating group) is 1. The molecular weight excluding hydrogens is 180 g/mol. The van der Waals surface area contributed by atoms with E-state index in [2.05, 4.69) is 17.6 Å². The Balaban J connectivity index is 3.95. The van der Waals surface area contributed by atoms with Crippen molar-refractivity contribution < 1.29 is 9.59 Å². The van der Waals surface area contributed by atoms with Crippen molar-refractivity contribution in [1.29, 1.82) is 0 Å². The second kappa shape index (κ2) is 7.50. The van der Waals surface area contributed by atoms with Crippen molar-refractivity contribution in [3.05, 3.63) is 0 Å². The Morgan fingerprint density at radius 3 is 2.43 bits per heavy atom. The van der Waals surface area contributed by atoms with Crippen LogP contribution in [0.5, 0.6) is 0 Å². The summed E-state index contributed by atoms with van der Waals surface area (Å²) in [6.45, 7) is 3.84. The van der Waals surface area contributed by atoms with Crippen LogP contribution in [0.1, 0.15) is 33.1 Å². The standard InChI is InChI=1S/C10H20N2O2/c1-4-5-6-9(8(2)13)12-10(14)7-11-3/h9,11H,4-7H2,1-3H3,(H,12,14). The minimum absolute atomic E-state index is 0.0305. The highest BCUT2D eigenvalue weighted by atomic mass is 16.2. The fourth-order valence-corrected chi connectivity index (χ4v) is 1.19. The summed E-state index contributed by atoms with van der Waals surface area (Å²) < 4.78 is 0. The molecule has 4 heteroatoms. The summed E-state index contributed by atoms with van der Waals surface area (Å²) >= 11 is 0. The van der Waals surface area contributed by atoms with E-state index in [1.165, 1.54) is 6.92 Å². The average molecular weight is 200 g/mol. The van der Waals surface area contributed by atoms with Gasteiger partial charge in [-0.1, -0.05) is 19.8 Å². The lowest BCUT2D eigenvalue weighted by Crippen LogP contribution is -2.43. The summed E-state index contributed by atoms with van der Waals surface area (Å²) in [5, 5.41) is 5.45. The molecule has 0 radical (unpaired) electrons. The van der Waals surface area contributed by atoms with E-state index in [4.69, 9.17) is 0 Å². The molecule has 0 aromatic rings. The van der Waals surface area contributed by atoms with Crippen LogP contribution >= 0.6 is 0 Å². The molecular formula is C10H20N2O2. The monoisotopic (exact) mass is 200 g/mol. The van der Waals surface area contributed by atoms with Gasteiger partial charge in [0, 0.05) is 0 Å². The lowest BCUT2D eigenvalue weighted by molar-refractivity contribution is -0.126. The molecule has 0 aliphatic heterocycles. The van der Waals surface area contributed by atoms with Gasteiger partial charge >= 0.3 is 0 Å². The van der Waals surface area contributed by atoms with Gasteiger partial charge in [-0.3, -0.25) is 9.59 Å². The number of rotatable bonds is 7. The van der Waals surface area contributed by atoms with Gasteiger partial charge in [0.05, 0.1) is 12.6 Å². The smallest absolute Gasteiger partial charge is 0.234 e. The second-order valence-electron chi connectivity index (χ2n) is 3.40. The molecule has 0 aliphatic carbocycles. The average Bonchev–Trinajstić information content (AvgIpc) is 2.12. The van der Waals surface area contributed by atoms with Gasteiger partial charge in [0.25, 0.3) is 0 Å². The largest absolute Gasteiger partial charge is 0.345 e. The Kier molecular flexibility index (Phi) is 7.02. The molecule has 0 heterocycles. The number of carbonyl (C=O) groups is 2. The van der Waals surface area contributed by atoms with Crippen molar-refractivity contribution in [2.75, 3.05) is 13.6 Å². The summed E-state index contributed by atoms with van der Waals surface area (Å²) in [7, 11) is 1.70. The van der Waals surface area contributed by atoms with E-state index in [-0.39, 0.29) is 24.3 Å². The van der Waals surface area contributed by atoms with Gasteiger partial charge in [-0.05, 0) is 20.4 Å². The quantitative estimate of drug-likeness (QED) is 0.628. The molecule has 0 rings (SSSR count). The molecule has 14 heavy (non-hydrogen) atoms. The van der Waals surface area contributed by atoms with E-state index in [0.717, 1.165) is 19.3 Å². The maximum absolute atomic E-state index is 11.2. The van der Waals surface area contributed by atoms with E-state index in [1.54, 1.807) is 7.05 Å². The van der Waals surface area contributed by atoms with Crippen LogP contribution in [0.4, 0.5) is 0 Å². The van der Waals surface area contributed by atoms with Crippen LogP contribution in [0.15, 0.2) is 0 Å². The first-order valence-corrected chi connectivity index (χ1v) is 5.06. The highest BCUT2D eigenvalue weighted by molar-refractivity contribution is 5.88. The molecule has 0 fully saturated rings. The third-order valence-corrected chi connectivity index (χ3v) is 2.01. The summed E-state index contributed by atoms with van der Waals surface area (Å²) in [4.78, 5) is 22.3. The molecule has 4 nitrogen and oxygen atoms in total.